The maximum Gasteiger partial charge on any atom is 0.126 e. The van der Waals surface area contributed by atoms with Gasteiger partial charge < -0.3 is 21.7 Å². The van der Waals surface area contributed by atoms with Crippen molar-refractivity contribution in [1.82, 2.24) is 0 Å². The van der Waals surface area contributed by atoms with Crippen LogP contribution in [-0.4, -0.2) is 28.6 Å². The van der Waals surface area contributed by atoms with E-state index in [-0.39, 0.29) is 6.61 Å². The van der Waals surface area contributed by atoms with E-state index < -0.39 is 11.8 Å². The molecule has 0 heterocycles. The summed E-state index contributed by atoms with van der Waals surface area (Å²) in [5, 5.41) is 17.3. The Morgan fingerprint density at radius 2 is 2.11 bits per heavy atom. The van der Waals surface area contributed by atoms with Gasteiger partial charge in [0.25, 0.3) is 0 Å². The Bertz CT molecular complexity index is 79.5. The highest BCUT2D eigenvalue weighted by Gasteiger charge is 2.22. The fourth-order valence-electron chi connectivity index (χ4n) is 0.431. The molecule has 56 valence electrons. The Labute approximate surface area is 54.5 Å². The van der Waals surface area contributed by atoms with Crippen molar-refractivity contribution in [1.29, 1.82) is 0 Å². The molecule has 4 heteroatoms. The lowest BCUT2D eigenvalue weighted by Gasteiger charge is -2.24. The van der Waals surface area contributed by atoms with Crippen LogP contribution < -0.4 is 11.5 Å². The van der Waals surface area contributed by atoms with Crippen LogP contribution in [0.15, 0.2) is 0 Å². The molecule has 0 aromatic carbocycles. The van der Waals surface area contributed by atoms with Crippen molar-refractivity contribution in [3.05, 3.63) is 0 Å². The van der Waals surface area contributed by atoms with Crippen molar-refractivity contribution in [3.63, 3.8) is 0 Å². The molecule has 2 atom stereocenters. The summed E-state index contributed by atoms with van der Waals surface area (Å²) >= 11 is 0. The van der Waals surface area contributed by atoms with Gasteiger partial charge in [-0.05, 0) is 13.3 Å². The molecule has 6 N–H and O–H groups in total. The second-order valence-electron chi connectivity index (χ2n) is 2.34. The third kappa shape index (κ3) is 3.42. The minimum absolute atomic E-state index is 0.0471. The molecule has 9 heavy (non-hydrogen) atoms. The molecule has 0 aliphatic rings. The normalized spacial score (nSPS) is 21.0. The fourth-order valence-corrected chi connectivity index (χ4v) is 0.431. The predicted octanol–water partition coefficient (Wildman–Crippen LogP) is -1.64. The second-order valence-corrected chi connectivity index (χ2v) is 2.34. The molecule has 0 amide bonds. The molecule has 0 aliphatic carbocycles. The lowest BCUT2D eigenvalue weighted by molar-refractivity contribution is 0.0307. The maximum absolute atomic E-state index is 8.96. The van der Waals surface area contributed by atoms with Gasteiger partial charge in [-0.2, -0.15) is 0 Å². The summed E-state index contributed by atoms with van der Waals surface area (Å²) in [6, 6.07) is -0.553. The fraction of sp³-hybridized carbons (Fsp3) is 1.00. The van der Waals surface area contributed by atoms with E-state index in [0.717, 1.165) is 0 Å². The molecule has 0 bridgehead atoms. The van der Waals surface area contributed by atoms with Crippen molar-refractivity contribution in [2.45, 2.75) is 25.1 Å². The van der Waals surface area contributed by atoms with Crippen molar-refractivity contribution >= 4 is 0 Å². The largest absolute Gasteiger partial charge is 0.396 e. The first-order valence-electron chi connectivity index (χ1n) is 2.86. The van der Waals surface area contributed by atoms with Crippen molar-refractivity contribution in [2.24, 2.45) is 11.5 Å². The number of aliphatic hydroxyl groups is 2. The van der Waals surface area contributed by atoms with Crippen LogP contribution in [0.1, 0.15) is 13.3 Å². The predicted molar refractivity (Wildman–Crippen MR) is 34.5 cm³/mol. The molecule has 0 spiro atoms. The molecular formula is C5H14N2O2. The van der Waals surface area contributed by atoms with E-state index in [1.54, 1.807) is 0 Å². The van der Waals surface area contributed by atoms with Gasteiger partial charge in [0, 0.05) is 12.6 Å². The highest BCUT2D eigenvalue weighted by molar-refractivity contribution is 4.78. The van der Waals surface area contributed by atoms with Gasteiger partial charge in [0.1, 0.15) is 5.72 Å². The van der Waals surface area contributed by atoms with E-state index >= 15 is 0 Å². The van der Waals surface area contributed by atoms with Crippen LogP contribution in [0.4, 0.5) is 0 Å². The summed E-state index contributed by atoms with van der Waals surface area (Å²) in [5.74, 6) is 0. The SMILES string of the molecule is CC(N)(O)C(N)CCO. The van der Waals surface area contributed by atoms with Gasteiger partial charge in [0.2, 0.25) is 0 Å². The van der Waals surface area contributed by atoms with Gasteiger partial charge in [-0.3, -0.25) is 0 Å². The average Bonchev–Trinajstić information content (AvgIpc) is 1.64. The maximum atomic E-state index is 8.96. The molecule has 0 saturated carbocycles. The van der Waals surface area contributed by atoms with Crippen LogP contribution in [0.5, 0.6) is 0 Å². The smallest absolute Gasteiger partial charge is 0.126 e. The summed E-state index contributed by atoms with van der Waals surface area (Å²) in [5.41, 5.74) is 9.14. The number of nitrogens with two attached hydrogens (primary N) is 2. The number of aliphatic hydroxyl groups excluding tert-OH is 1. The molecule has 4 nitrogen and oxygen atoms in total. The van der Waals surface area contributed by atoms with Gasteiger partial charge in [0.05, 0.1) is 0 Å². The summed E-state index contributed by atoms with van der Waals surface area (Å²) in [6.07, 6.45) is 0.323. The van der Waals surface area contributed by atoms with E-state index in [1.165, 1.54) is 6.92 Å². The zero-order valence-corrected chi connectivity index (χ0v) is 5.54. The van der Waals surface area contributed by atoms with E-state index in [0.29, 0.717) is 6.42 Å². The zero-order chi connectivity index (χ0) is 7.49. The topological polar surface area (TPSA) is 92.5 Å². The van der Waals surface area contributed by atoms with Crippen LogP contribution in [0.3, 0.4) is 0 Å². The third-order valence-corrected chi connectivity index (χ3v) is 1.19. The minimum atomic E-state index is -1.37. The standard InChI is InChI=1S/C5H14N2O2/c1-5(7,9)4(6)2-3-8/h4,8-9H,2-3,6-7H2,1H3. The molecular weight excluding hydrogens is 120 g/mol. The van der Waals surface area contributed by atoms with Gasteiger partial charge in [0.15, 0.2) is 0 Å². The van der Waals surface area contributed by atoms with Gasteiger partial charge >= 0.3 is 0 Å². The Kier molecular flexibility index (Phi) is 3.07. The van der Waals surface area contributed by atoms with Crippen LogP contribution in [-0.2, 0) is 0 Å². The zero-order valence-electron chi connectivity index (χ0n) is 5.54. The molecule has 0 aromatic heterocycles. The number of hydrogen-bond acceptors (Lipinski definition) is 4. The first-order chi connectivity index (χ1) is 3.98. The van der Waals surface area contributed by atoms with Gasteiger partial charge in [-0.25, -0.2) is 0 Å². The molecule has 2 unspecified atom stereocenters. The van der Waals surface area contributed by atoms with Crippen LogP contribution in [0, 0.1) is 0 Å². The molecule has 0 rings (SSSR count). The minimum Gasteiger partial charge on any atom is -0.396 e. The number of hydrogen-bond donors (Lipinski definition) is 4. The first-order valence-corrected chi connectivity index (χ1v) is 2.86. The Morgan fingerprint density at radius 1 is 1.67 bits per heavy atom. The second kappa shape index (κ2) is 3.12. The molecule has 0 radical (unpaired) electrons. The van der Waals surface area contributed by atoms with Crippen LogP contribution >= 0.6 is 0 Å². The summed E-state index contributed by atoms with van der Waals surface area (Å²) in [6.45, 7) is 1.36. The molecule has 0 aliphatic heterocycles. The Balaban J connectivity index is 3.59. The van der Waals surface area contributed by atoms with E-state index in [1.807, 2.05) is 0 Å². The lowest BCUT2D eigenvalue weighted by Crippen LogP contribution is -2.53. The van der Waals surface area contributed by atoms with Gasteiger partial charge in [-0.1, -0.05) is 0 Å². The van der Waals surface area contributed by atoms with Crippen LogP contribution in [0.2, 0.25) is 0 Å². The number of rotatable bonds is 3. The summed E-state index contributed by atoms with van der Waals surface area (Å²) < 4.78 is 0. The van der Waals surface area contributed by atoms with Crippen molar-refractivity contribution < 1.29 is 10.2 Å². The van der Waals surface area contributed by atoms with Crippen molar-refractivity contribution in [3.8, 4) is 0 Å². The van der Waals surface area contributed by atoms with Gasteiger partial charge in [-0.15, -0.1) is 0 Å². The quantitative estimate of drug-likeness (QED) is 0.348. The van der Waals surface area contributed by atoms with E-state index in [4.69, 9.17) is 21.7 Å². The highest BCUT2D eigenvalue weighted by Crippen LogP contribution is 2.01. The Hall–Kier alpha value is -0.160. The van der Waals surface area contributed by atoms with Crippen LogP contribution in [0.25, 0.3) is 0 Å². The monoisotopic (exact) mass is 134 g/mol. The molecule has 0 aromatic rings. The third-order valence-electron chi connectivity index (χ3n) is 1.19. The van der Waals surface area contributed by atoms with E-state index in [9.17, 15) is 0 Å². The highest BCUT2D eigenvalue weighted by atomic mass is 16.3. The molecule has 0 fully saturated rings. The summed E-state index contributed by atoms with van der Waals surface area (Å²) in [4.78, 5) is 0. The average molecular weight is 134 g/mol. The Morgan fingerprint density at radius 3 is 2.22 bits per heavy atom. The lowest BCUT2D eigenvalue weighted by atomic mass is 10.1. The van der Waals surface area contributed by atoms with Crippen molar-refractivity contribution in [2.75, 3.05) is 6.61 Å². The first kappa shape index (κ1) is 8.84. The van der Waals surface area contributed by atoms with E-state index in [2.05, 4.69) is 0 Å². The molecule has 0 saturated heterocycles. The summed E-state index contributed by atoms with van der Waals surface area (Å²) in [7, 11) is 0.